The van der Waals surface area contributed by atoms with Crippen LogP contribution in [0, 0.1) is 0 Å². The van der Waals surface area contributed by atoms with Crippen molar-refractivity contribution in [3.05, 3.63) is 24.3 Å². The van der Waals surface area contributed by atoms with E-state index in [1.165, 1.54) is 19.1 Å². The summed E-state index contributed by atoms with van der Waals surface area (Å²) >= 11 is 0. The van der Waals surface area contributed by atoms with Gasteiger partial charge in [-0.05, 0) is 24.3 Å². The van der Waals surface area contributed by atoms with E-state index in [1.807, 2.05) is 0 Å². The molecule has 0 aromatic heterocycles. The second-order valence-electron chi connectivity index (χ2n) is 2.93. The van der Waals surface area contributed by atoms with Crippen molar-refractivity contribution in [3.63, 3.8) is 0 Å². The first-order valence-electron chi connectivity index (χ1n) is 4.21. The highest BCUT2D eigenvalue weighted by Crippen LogP contribution is 2.24. The number of nitrogens with two attached hydrogens (primary N) is 1. The number of benzene rings is 1. The van der Waals surface area contributed by atoms with Crippen molar-refractivity contribution in [2.45, 2.75) is 13.3 Å². The van der Waals surface area contributed by atoms with Gasteiger partial charge in [0.2, 0.25) is 5.91 Å². The van der Waals surface area contributed by atoms with Crippen LogP contribution in [-0.2, 0) is 4.79 Å². The minimum atomic E-state index is -4.73. The van der Waals surface area contributed by atoms with Crippen LogP contribution in [-0.4, -0.2) is 12.3 Å². The van der Waals surface area contributed by atoms with Gasteiger partial charge < -0.3 is 4.74 Å². The molecule has 0 bridgehead atoms. The molecule has 0 heterocycles. The number of amides is 1. The molecule has 0 aliphatic rings. The van der Waals surface area contributed by atoms with E-state index in [2.05, 4.69) is 4.74 Å². The van der Waals surface area contributed by atoms with Crippen molar-refractivity contribution in [2.24, 2.45) is 5.84 Å². The maximum Gasteiger partial charge on any atom is 0.573 e. The van der Waals surface area contributed by atoms with E-state index in [0.717, 1.165) is 17.1 Å². The van der Waals surface area contributed by atoms with Crippen molar-refractivity contribution in [1.29, 1.82) is 0 Å². The van der Waals surface area contributed by atoms with Crippen LogP contribution >= 0.6 is 0 Å². The molecule has 2 N–H and O–H groups in total. The number of rotatable bonds is 2. The summed E-state index contributed by atoms with van der Waals surface area (Å²) in [5.41, 5.74) is 0.280. The van der Waals surface area contributed by atoms with Crippen molar-refractivity contribution >= 4 is 11.6 Å². The van der Waals surface area contributed by atoms with Gasteiger partial charge in [0.25, 0.3) is 0 Å². The Hall–Kier alpha value is -1.76. The van der Waals surface area contributed by atoms with Crippen LogP contribution in [0.1, 0.15) is 6.92 Å². The van der Waals surface area contributed by atoms with E-state index in [1.54, 1.807) is 0 Å². The van der Waals surface area contributed by atoms with Crippen molar-refractivity contribution in [3.8, 4) is 5.75 Å². The molecule has 0 aliphatic carbocycles. The fraction of sp³-hybridized carbons (Fsp3) is 0.222. The number of halogens is 3. The molecule has 88 valence electrons. The summed E-state index contributed by atoms with van der Waals surface area (Å²) in [5, 5.41) is 0.817. The van der Waals surface area contributed by atoms with E-state index in [9.17, 15) is 18.0 Å². The molecule has 0 aliphatic heterocycles. The smallest absolute Gasteiger partial charge is 0.406 e. The molecule has 1 rings (SSSR count). The molecule has 1 aromatic carbocycles. The second kappa shape index (κ2) is 4.40. The minimum absolute atomic E-state index is 0.280. The number of carbonyl (C=O) groups excluding carboxylic acids is 1. The molecular weight excluding hydrogens is 225 g/mol. The lowest BCUT2D eigenvalue weighted by Crippen LogP contribution is -2.35. The Morgan fingerprint density at radius 2 is 1.81 bits per heavy atom. The molecule has 0 radical (unpaired) electrons. The Bertz CT molecular complexity index is 375. The lowest BCUT2D eigenvalue weighted by molar-refractivity contribution is -0.274. The van der Waals surface area contributed by atoms with Gasteiger partial charge in [0.1, 0.15) is 5.75 Å². The Labute approximate surface area is 89.4 Å². The lowest BCUT2D eigenvalue weighted by atomic mass is 10.3. The van der Waals surface area contributed by atoms with Gasteiger partial charge in [-0.15, -0.1) is 13.2 Å². The van der Waals surface area contributed by atoms with Crippen LogP contribution in [0.2, 0.25) is 0 Å². The first kappa shape index (κ1) is 12.3. The predicted octanol–water partition coefficient (Wildman–Crippen LogP) is 1.81. The van der Waals surface area contributed by atoms with Crippen molar-refractivity contribution in [2.75, 3.05) is 5.01 Å². The molecule has 0 atom stereocenters. The quantitative estimate of drug-likeness (QED) is 0.482. The van der Waals surface area contributed by atoms with Crippen LogP contribution < -0.4 is 15.6 Å². The van der Waals surface area contributed by atoms with Gasteiger partial charge in [-0.2, -0.15) is 0 Å². The molecule has 4 nitrogen and oxygen atoms in total. The fourth-order valence-electron chi connectivity index (χ4n) is 0.990. The van der Waals surface area contributed by atoms with E-state index in [0.29, 0.717) is 0 Å². The number of alkyl halides is 3. The van der Waals surface area contributed by atoms with Crippen LogP contribution in [0.15, 0.2) is 24.3 Å². The molecule has 1 amide bonds. The van der Waals surface area contributed by atoms with Crippen molar-refractivity contribution < 1.29 is 22.7 Å². The van der Waals surface area contributed by atoms with Gasteiger partial charge in [-0.3, -0.25) is 4.79 Å². The highest BCUT2D eigenvalue weighted by Gasteiger charge is 2.31. The molecule has 0 saturated heterocycles. The first-order chi connectivity index (χ1) is 7.29. The average Bonchev–Trinajstić information content (AvgIpc) is 2.15. The van der Waals surface area contributed by atoms with Crippen LogP contribution in [0.5, 0.6) is 5.75 Å². The van der Waals surface area contributed by atoms with Crippen molar-refractivity contribution in [1.82, 2.24) is 0 Å². The van der Waals surface area contributed by atoms with Gasteiger partial charge >= 0.3 is 6.36 Å². The van der Waals surface area contributed by atoms with Crippen LogP contribution in [0.25, 0.3) is 0 Å². The number of anilines is 1. The van der Waals surface area contributed by atoms with Gasteiger partial charge in [0, 0.05) is 6.92 Å². The Balaban J connectivity index is 2.79. The normalized spacial score (nSPS) is 11.1. The number of carbonyl (C=O) groups is 1. The maximum absolute atomic E-state index is 11.8. The van der Waals surface area contributed by atoms with Gasteiger partial charge in [0.15, 0.2) is 0 Å². The third-order valence-corrected chi connectivity index (χ3v) is 1.69. The first-order valence-corrected chi connectivity index (χ1v) is 4.21. The van der Waals surface area contributed by atoms with E-state index >= 15 is 0 Å². The molecule has 0 saturated carbocycles. The Kier molecular flexibility index (Phi) is 3.38. The monoisotopic (exact) mass is 234 g/mol. The van der Waals surface area contributed by atoms with Gasteiger partial charge in [-0.25, -0.2) is 10.9 Å². The van der Waals surface area contributed by atoms with E-state index < -0.39 is 12.3 Å². The molecule has 0 unspecified atom stereocenters. The summed E-state index contributed by atoms with van der Waals surface area (Å²) in [7, 11) is 0. The van der Waals surface area contributed by atoms with E-state index in [4.69, 9.17) is 5.84 Å². The molecule has 0 fully saturated rings. The predicted molar refractivity (Wildman–Crippen MR) is 50.5 cm³/mol. The van der Waals surface area contributed by atoms with Gasteiger partial charge in [-0.1, -0.05) is 0 Å². The molecule has 0 spiro atoms. The van der Waals surface area contributed by atoms with Crippen LogP contribution in [0.4, 0.5) is 18.9 Å². The summed E-state index contributed by atoms with van der Waals surface area (Å²) in [5.74, 6) is 4.54. The second-order valence-corrected chi connectivity index (χ2v) is 2.93. The highest BCUT2D eigenvalue weighted by atomic mass is 19.4. The zero-order chi connectivity index (χ0) is 12.3. The Morgan fingerprint density at radius 3 is 2.19 bits per heavy atom. The summed E-state index contributed by atoms with van der Waals surface area (Å²) in [6, 6.07) is 4.65. The lowest BCUT2D eigenvalue weighted by Gasteiger charge is -2.15. The largest absolute Gasteiger partial charge is 0.573 e. The molecule has 16 heavy (non-hydrogen) atoms. The summed E-state index contributed by atoms with van der Waals surface area (Å²) < 4.78 is 39.1. The number of hydrogen-bond acceptors (Lipinski definition) is 3. The fourth-order valence-corrected chi connectivity index (χ4v) is 0.990. The average molecular weight is 234 g/mol. The summed E-state index contributed by atoms with van der Waals surface area (Å²) in [6.45, 7) is 1.24. The number of hydrogen-bond donors (Lipinski definition) is 1. The third kappa shape index (κ3) is 3.43. The minimum Gasteiger partial charge on any atom is -0.406 e. The SMILES string of the molecule is CC(=O)N(N)c1ccc(OC(F)(F)F)cc1. The number of nitrogens with zero attached hydrogens (tertiary/aromatic N) is 1. The summed E-state index contributed by atoms with van der Waals surface area (Å²) in [4.78, 5) is 10.8. The summed E-state index contributed by atoms with van der Waals surface area (Å²) in [6.07, 6.45) is -4.73. The molecular formula is C9H9F3N2O2. The number of ether oxygens (including phenoxy) is 1. The van der Waals surface area contributed by atoms with Crippen LogP contribution in [0.3, 0.4) is 0 Å². The van der Waals surface area contributed by atoms with Gasteiger partial charge in [0.05, 0.1) is 5.69 Å². The zero-order valence-electron chi connectivity index (χ0n) is 8.28. The highest BCUT2D eigenvalue weighted by molar-refractivity contribution is 5.90. The maximum atomic E-state index is 11.8. The molecule has 1 aromatic rings. The van der Waals surface area contributed by atoms with E-state index in [-0.39, 0.29) is 11.4 Å². The third-order valence-electron chi connectivity index (χ3n) is 1.69. The standard InChI is InChI=1S/C9H9F3N2O2/c1-6(15)14(13)7-2-4-8(5-3-7)16-9(10,11)12/h2-5H,13H2,1H3. The Morgan fingerprint density at radius 1 is 1.31 bits per heavy atom. The topological polar surface area (TPSA) is 55.6 Å². The molecule has 7 heteroatoms. The zero-order valence-corrected chi connectivity index (χ0v) is 8.28. The number of hydrazine groups is 1.